The van der Waals surface area contributed by atoms with E-state index in [1.165, 1.54) is 6.20 Å². The lowest BCUT2D eigenvalue weighted by Crippen LogP contribution is -2.08. The van der Waals surface area contributed by atoms with Gasteiger partial charge in [0.2, 0.25) is 0 Å². The van der Waals surface area contributed by atoms with Crippen LogP contribution >= 0.6 is 15.9 Å². The third kappa shape index (κ3) is 2.56. The van der Waals surface area contributed by atoms with Gasteiger partial charge in [0.05, 0.1) is 18.4 Å². The summed E-state index contributed by atoms with van der Waals surface area (Å²) in [6.45, 7) is 0.617. The SMILES string of the molecule is O=C(O)c1cnn(Cc2ccc(Br)cc2)c1C1CC1. The first-order valence-corrected chi connectivity index (χ1v) is 6.98. The van der Waals surface area contributed by atoms with E-state index >= 15 is 0 Å². The molecule has 1 heterocycles. The second-order valence-corrected chi connectivity index (χ2v) is 5.72. The predicted molar refractivity (Wildman–Crippen MR) is 74.4 cm³/mol. The maximum atomic E-state index is 11.2. The van der Waals surface area contributed by atoms with E-state index in [1.807, 2.05) is 28.9 Å². The van der Waals surface area contributed by atoms with Gasteiger partial charge < -0.3 is 5.11 Å². The molecule has 0 radical (unpaired) electrons. The predicted octanol–water partition coefficient (Wildman–Crippen LogP) is 3.27. The molecule has 0 atom stereocenters. The molecule has 1 aliphatic rings. The van der Waals surface area contributed by atoms with Crippen molar-refractivity contribution in [2.24, 2.45) is 0 Å². The quantitative estimate of drug-likeness (QED) is 0.940. The molecule has 1 N–H and O–H groups in total. The highest BCUT2D eigenvalue weighted by Crippen LogP contribution is 2.41. The molecular weight excluding hydrogens is 308 g/mol. The van der Waals surface area contributed by atoms with Crippen LogP contribution in [0.2, 0.25) is 0 Å². The van der Waals surface area contributed by atoms with E-state index in [2.05, 4.69) is 21.0 Å². The Morgan fingerprint density at radius 2 is 2.05 bits per heavy atom. The molecule has 3 rings (SSSR count). The van der Waals surface area contributed by atoms with Crippen molar-refractivity contribution in [1.82, 2.24) is 9.78 Å². The summed E-state index contributed by atoms with van der Waals surface area (Å²) < 4.78 is 2.86. The molecule has 19 heavy (non-hydrogen) atoms. The van der Waals surface area contributed by atoms with Crippen molar-refractivity contribution in [3.8, 4) is 0 Å². The Morgan fingerprint density at radius 1 is 1.37 bits per heavy atom. The van der Waals surface area contributed by atoms with Gasteiger partial charge >= 0.3 is 5.97 Å². The van der Waals surface area contributed by atoms with Crippen LogP contribution in [-0.4, -0.2) is 20.9 Å². The van der Waals surface area contributed by atoms with Crippen LogP contribution in [0.1, 0.15) is 40.4 Å². The number of rotatable bonds is 4. The van der Waals surface area contributed by atoms with Crippen molar-refractivity contribution in [2.45, 2.75) is 25.3 Å². The molecular formula is C14H13BrN2O2. The van der Waals surface area contributed by atoms with Gasteiger partial charge in [-0.1, -0.05) is 28.1 Å². The second kappa shape index (κ2) is 4.81. The zero-order chi connectivity index (χ0) is 13.4. The number of benzene rings is 1. The minimum atomic E-state index is -0.885. The van der Waals surface area contributed by atoms with E-state index in [0.29, 0.717) is 18.0 Å². The Hall–Kier alpha value is -1.62. The summed E-state index contributed by atoms with van der Waals surface area (Å²) in [5.41, 5.74) is 2.33. The molecule has 0 spiro atoms. The van der Waals surface area contributed by atoms with Crippen molar-refractivity contribution < 1.29 is 9.90 Å². The van der Waals surface area contributed by atoms with E-state index < -0.39 is 5.97 Å². The third-order valence-electron chi connectivity index (χ3n) is 3.32. The molecule has 1 aromatic carbocycles. The molecule has 98 valence electrons. The van der Waals surface area contributed by atoms with E-state index in [0.717, 1.165) is 28.6 Å². The van der Waals surface area contributed by atoms with E-state index in [9.17, 15) is 9.90 Å². The number of carboxylic acid groups (broad SMARTS) is 1. The average molecular weight is 321 g/mol. The van der Waals surface area contributed by atoms with Crippen molar-refractivity contribution in [3.05, 3.63) is 51.8 Å². The number of carboxylic acids is 1. The van der Waals surface area contributed by atoms with Gasteiger partial charge in [-0.2, -0.15) is 5.10 Å². The summed E-state index contributed by atoms with van der Waals surface area (Å²) in [5, 5.41) is 13.4. The Morgan fingerprint density at radius 3 is 2.63 bits per heavy atom. The zero-order valence-electron chi connectivity index (χ0n) is 10.2. The molecule has 2 aromatic rings. The number of nitrogens with zero attached hydrogens (tertiary/aromatic N) is 2. The first kappa shape index (κ1) is 12.4. The largest absolute Gasteiger partial charge is 0.478 e. The number of aromatic carboxylic acids is 1. The molecule has 1 aliphatic carbocycles. The molecule has 0 unspecified atom stereocenters. The van der Waals surface area contributed by atoms with E-state index in [-0.39, 0.29) is 0 Å². The minimum absolute atomic E-state index is 0.347. The van der Waals surface area contributed by atoms with Gasteiger partial charge in [-0.15, -0.1) is 0 Å². The number of halogens is 1. The van der Waals surface area contributed by atoms with Gasteiger partial charge in [0.25, 0.3) is 0 Å². The van der Waals surface area contributed by atoms with Crippen molar-refractivity contribution in [3.63, 3.8) is 0 Å². The van der Waals surface area contributed by atoms with Gasteiger partial charge in [-0.3, -0.25) is 4.68 Å². The van der Waals surface area contributed by atoms with Gasteiger partial charge in [0.1, 0.15) is 5.56 Å². The fourth-order valence-corrected chi connectivity index (χ4v) is 2.50. The topological polar surface area (TPSA) is 55.1 Å². The maximum absolute atomic E-state index is 11.2. The molecule has 0 saturated heterocycles. The lowest BCUT2D eigenvalue weighted by molar-refractivity contribution is 0.0695. The molecule has 0 amide bonds. The van der Waals surface area contributed by atoms with Gasteiger partial charge in [0.15, 0.2) is 0 Å². The van der Waals surface area contributed by atoms with Crippen LogP contribution < -0.4 is 0 Å². The molecule has 1 saturated carbocycles. The highest BCUT2D eigenvalue weighted by Gasteiger charge is 2.32. The fourth-order valence-electron chi connectivity index (χ4n) is 2.24. The summed E-state index contributed by atoms with van der Waals surface area (Å²) in [5.74, 6) is -0.520. The highest BCUT2D eigenvalue weighted by atomic mass is 79.9. The van der Waals surface area contributed by atoms with Gasteiger partial charge in [-0.25, -0.2) is 4.79 Å². The van der Waals surface area contributed by atoms with E-state index in [4.69, 9.17) is 0 Å². The smallest absolute Gasteiger partial charge is 0.339 e. The van der Waals surface area contributed by atoms with Crippen LogP contribution in [0.25, 0.3) is 0 Å². The van der Waals surface area contributed by atoms with Crippen LogP contribution in [-0.2, 0) is 6.54 Å². The van der Waals surface area contributed by atoms with Crippen molar-refractivity contribution in [2.75, 3.05) is 0 Å². The summed E-state index contributed by atoms with van der Waals surface area (Å²) in [6.07, 6.45) is 3.59. The highest BCUT2D eigenvalue weighted by molar-refractivity contribution is 9.10. The molecule has 0 bridgehead atoms. The molecule has 1 aromatic heterocycles. The Balaban J connectivity index is 1.92. The lowest BCUT2D eigenvalue weighted by Gasteiger charge is -2.08. The van der Waals surface area contributed by atoms with Crippen LogP contribution in [0, 0.1) is 0 Å². The van der Waals surface area contributed by atoms with Crippen LogP contribution in [0.4, 0.5) is 0 Å². The summed E-state index contributed by atoms with van der Waals surface area (Å²) in [4.78, 5) is 11.2. The first-order valence-electron chi connectivity index (χ1n) is 6.18. The van der Waals surface area contributed by atoms with Crippen molar-refractivity contribution in [1.29, 1.82) is 0 Å². The summed E-state index contributed by atoms with van der Waals surface area (Å²) >= 11 is 3.40. The first-order chi connectivity index (χ1) is 9.15. The summed E-state index contributed by atoms with van der Waals surface area (Å²) in [6, 6.07) is 7.99. The Labute approximate surface area is 119 Å². The molecule has 4 nitrogen and oxygen atoms in total. The Bertz CT molecular complexity index is 615. The second-order valence-electron chi connectivity index (χ2n) is 4.81. The van der Waals surface area contributed by atoms with Crippen molar-refractivity contribution >= 4 is 21.9 Å². The van der Waals surface area contributed by atoms with Crippen LogP contribution in [0.3, 0.4) is 0 Å². The monoisotopic (exact) mass is 320 g/mol. The van der Waals surface area contributed by atoms with E-state index in [1.54, 1.807) is 0 Å². The minimum Gasteiger partial charge on any atom is -0.478 e. The molecule has 1 fully saturated rings. The van der Waals surface area contributed by atoms with Crippen LogP contribution in [0.15, 0.2) is 34.9 Å². The normalized spacial score (nSPS) is 14.6. The lowest BCUT2D eigenvalue weighted by atomic mass is 10.1. The molecule has 0 aliphatic heterocycles. The molecule has 5 heteroatoms. The van der Waals surface area contributed by atoms with Gasteiger partial charge in [-0.05, 0) is 30.5 Å². The standard InChI is InChI=1S/C14H13BrN2O2/c15-11-5-1-9(2-6-11)8-17-13(10-3-4-10)12(7-16-17)14(18)19/h1-2,5-7,10H,3-4,8H2,(H,18,19). The summed E-state index contributed by atoms with van der Waals surface area (Å²) in [7, 11) is 0. The third-order valence-corrected chi connectivity index (χ3v) is 3.85. The number of hydrogen-bond acceptors (Lipinski definition) is 2. The number of carbonyl (C=O) groups is 1. The Kier molecular flexibility index (Phi) is 3.14. The zero-order valence-corrected chi connectivity index (χ0v) is 11.8. The number of aromatic nitrogens is 2. The van der Waals surface area contributed by atoms with Gasteiger partial charge in [0, 0.05) is 10.4 Å². The maximum Gasteiger partial charge on any atom is 0.339 e. The number of hydrogen-bond donors (Lipinski definition) is 1. The fraction of sp³-hybridized carbons (Fsp3) is 0.286. The average Bonchev–Trinajstić information content (AvgIpc) is 3.13. The van der Waals surface area contributed by atoms with Crippen LogP contribution in [0.5, 0.6) is 0 Å².